The Kier molecular flexibility index (Phi) is 7.38. The lowest BCUT2D eigenvalue weighted by atomic mass is 10.1. The minimum Gasteiger partial charge on any atom is -0.467 e. The second-order valence-corrected chi connectivity index (χ2v) is 6.27. The molecule has 0 spiro atoms. The topological polar surface area (TPSA) is 114 Å². The van der Waals surface area contributed by atoms with E-state index >= 15 is 0 Å². The van der Waals surface area contributed by atoms with Gasteiger partial charge >= 0.3 is 12.1 Å². The van der Waals surface area contributed by atoms with Gasteiger partial charge in [-0.3, -0.25) is 4.79 Å². The molecule has 0 saturated carbocycles. The van der Waals surface area contributed by atoms with Crippen LogP contribution in [0.4, 0.5) is 4.79 Å². The molecule has 0 bridgehead atoms. The maximum atomic E-state index is 12.4. The number of ether oxygens (including phenoxy) is 2. The standard InChI is InChI=1S/C17H24N2O6/c1-17(2,3)25-16(23)19-13(11-8-6-5-7-9-11)14(21)18-10-12(20)15(22)24-4/h5-9,12-13,20H,10H2,1-4H3,(H,18,21)(H,19,23)/t12-,13+/m1/s1. The first-order chi connectivity index (χ1) is 11.6. The van der Waals surface area contributed by atoms with Crippen LogP contribution in [0, 0.1) is 0 Å². The normalized spacial score (nSPS) is 13.3. The molecule has 0 fully saturated rings. The number of esters is 1. The van der Waals surface area contributed by atoms with Crippen molar-refractivity contribution in [2.45, 2.75) is 38.5 Å². The zero-order valence-corrected chi connectivity index (χ0v) is 14.7. The third kappa shape index (κ3) is 7.21. The molecule has 1 aromatic rings. The van der Waals surface area contributed by atoms with Crippen molar-refractivity contribution in [1.29, 1.82) is 0 Å². The van der Waals surface area contributed by atoms with Crippen molar-refractivity contribution in [2.75, 3.05) is 13.7 Å². The molecule has 8 heteroatoms. The molecule has 0 saturated heterocycles. The highest BCUT2D eigenvalue weighted by Crippen LogP contribution is 2.15. The van der Waals surface area contributed by atoms with Gasteiger partial charge in [0.2, 0.25) is 5.91 Å². The van der Waals surface area contributed by atoms with Crippen LogP contribution >= 0.6 is 0 Å². The van der Waals surface area contributed by atoms with Crippen molar-refractivity contribution in [3.63, 3.8) is 0 Å². The molecule has 1 rings (SSSR count). The van der Waals surface area contributed by atoms with E-state index in [0.29, 0.717) is 5.56 Å². The zero-order valence-electron chi connectivity index (χ0n) is 14.7. The molecule has 25 heavy (non-hydrogen) atoms. The van der Waals surface area contributed by atoms with Gasteiger partial charge in [0.05, 0.1) is 13.7 Å². The Hall–Kier alpha value is -2.61. The molecular weight excluding hydrogens is 328 g/mol. The second-order valence-electron chi connectivity index (χ2n) is 6.27. The highest BCUT2D eigenvalue weighted by Gasteiger charge is 2.27. The molecule has 2 atom stereocenters. The first-order valence-electron chi connectivity index (χ1n) is 7.72. The van der Waals surface area contributed by atoms with Gasteiger partial charge in [-0.05, 0) is 26.3 Å². The number of amides is 2. The summed E-state index contributed by atoms with van der Waals surface area (Å²) < 4.78 is 9.55. The number of nitrogens with one attached hydrogen (secondary N) is 2. The third-order valence-corrected chi connectivity index (χ3v) is 3.00. The number of aliphatic hydroxyl groups is 1. The van der Waals surface area contributed by atoms with Crippen LogP contribution in [0.25, 0.3) is 0 Å². The largest absolute Gasteiger partial charge is 0.467 e. The maximum Gasteiger partial charge on any atom is 0.408 e. The van der Waals surface area contributed by atoms with Crippen LogP contribution in [0.3, 0.4) is 0 Å². The Balaban J connectivity index is 2.83. The number of aliphatic hydroxyl groups excluding tert-OH is 1. The number of carbonyl (C=O) groups is 3. The van der Waals surface area contributed by atoms with Crippen molar-refractivity contribution >= 4 is 18.0 Å². The van der Waals surface area contributed by atoms with E-state index in [0.717, 1.165) is 7.11 Å². The van der Waals surface area contributed by atoms with Crippen LogP contribution in [-0.2, 0) is 19.1 Å². The highest BCUT2D eigenvalue weighted by molar-refractivity contribution is 5.87. The summed E-state index contributed by atoms with van der Waals surface area (Å²) in [5.74, 6) is -1.46. The summed E-state index contributed by atoms with van der Waals surface area (Å²) in [6.45, 7) is 4.77. The first-order valence-corrected chi connectivity index (χ1v) is 7.72. The van der Waals surface area contributed by atoms with Gasteiger partial charge in [-0.25, -0.2) is 9.59 Å². The van der Waals surface area contributed by atoms with Crippen LogP contribution in [0.15, 0.2) is 30.3 Å². The van der Waals surface area contributed by atoms with Crippen LogP contribution < -0.4 is 10.6 Å². The average molecular weight is 352 g/mol. The van der Waals surface area contributed by atoms with Gasteiger partial charge < -0.3 is 25.2 Å². The van der Waals surface area contributed by atoms with Gasteiger partial charge in [0, 0.05) is 0 Å². The fourth-order valence-electron chi connectivity index (χ4n) is 1.89. The predicted molar refractivity (Wildman–Crippen MR) is 89.6 cm³/mol. The summed E-state index contributed by atoms with van der Waals surface area (Å²) in [5.41, 5.74) is -0.193. The minimum absolute atomic E-state index is 0.342. The Morgan fingerprint density at radius 2 is 1.76 bits per heavy atom. The van der Waals surface area contributed by atoms with Gasteiger partial charge in [0.1, 0.15) is 11.6 Å². The lowest BCUT2D eigenvalue weighted by Gasteiger charge is -2.23. The predicted octanol–water partition coefficient (Wildman–Crippen LogP) is 0.902. The summed E-state index contributed by atoms with van der Waals surface area (Å²) in [5, 5.41) is 14.4. The summed E-state index contributed by atoms with van der Waals surface area (Å²) in [7, 11) is 1.13. The number of rotatable bonds is 6. The third-order valence-electron chi connectivity index (χ3n) is 3.00. The number of methoxy groups -OCH3 is 1. The van der Waals surface area contributed by atoms with Crippen molar-refractivity contribution in [3.8, 4) is 0 Å². The van der Waals surface area contributed by atoms with Crippen LogP contribution in [0.5, 0.6) is 0 Å². The van der Waals surface area contributed by atoms with Gasteiger partial charge in [0.15, 0.2) is 6.10 Å². The molecule has 2 amide bonds. The molecule has 0 aliphatic rings. The number of carbonyl (C=O) groups excluding carboxylic acids is 3. The van der Waals surface area contributed by atoms with E-state index in [-0.39, 0.29) is 6.54 Å². The molecule has 0 heterocycles. The molecule has 1 aromatic carbocycles. The van der Waals surface area contributed by atoms with E-state index in [1.807, 2.05) is 0 Å². The van der Waals surface area contributed by atoms with E-state index < -0.39 is 35.7 Å². The van der Waals surface area contributed by atoms with Crippen LogP contribution in [0.2, 0.25) is 0 Å². The molecule has 0 aliphatic heterocycles. The van der Waals surface area contributed by atoms with Crippen LogP contribution in [0.1, 0.15) is 32.4 Å². The molecule has 0 radical (unpaired) electrons. The van der Waals surface area contributed by atoms with Crippen molar-refractivity contribution in [3.05, 3.63) is 35.9 Å². The van der Waals surface area contributed by atoms with Crippen molar-refractivity contribution < 1.29 is 29.0 Å². The fourth-order valence-corrected chi connectivity index (χ4v) is 1.89. The van der Waals surface area contributed by atoms with E-state index in [1.165, 1.54) is 0 Å². The Morgan fingerprint density at radius 1 is 1.16 bits per heavy atom. The zero-order chi connectivity index (χ0) is 19.0. The summed E-state index contributed by atoms with van der Waals surface area (Å²) >= 11 is 0. The molecule has 0 aromatic heterocycles. The van der Waals surface area contributed by atoms with E-state index in [2.05, 4.69) is 15.4 Å². The SMILES string of the molecule is COC(=O)[C@H](O)CNC(=O)[C@@H](NC(=O)OC(C)(C)C)c1ccccc1. The summed E-state index contributed by atoms with van der Waals surface area (Å²) in [4.78, 5) is 35.6. The van der Waals surface area contributed by atoms with Gasteiger partial charge in [-0.15, -0.1) is 0 Å². The van der Waals surface area contributed by atoms with Crippen molar-refractivity contribution in [1.82, 2.24) is 10.6 Å². The fraction of sp³-hybridized carbons (Fsp3) is 0.471. The summed E-state index contributed by atoms with van der Waals surface area (Å²) in [6.07, 6.45) is -2.25. The number of benzene rings is 1. The van der Waals surface area contributed by atoms with Gasteiger partial charge in [-0.2, -0.15) is 0 Å². The molecule has 0 aliphatic carbocycles. The number of hydrogen-bond donors (Lipinski definition) is 3. The molecule has 0 unspecified atom stereocenters. The first kappa shape index (κ1) is 20.4. The average Bonchev–Trinajstić information content (AvgIpc) is 2.55. The molecule has 8 nitrogen and oxygen atoms in total. The number of alkyl carbamates (subject to hydrolysis) is 1. The lowest BCUT2D eigenvalue weighted by Crippen LogP contribution is -2.45. The van der Waals surface area contributed by atoms with Crippen molar-refractivity contribution in [2.24, 2.45) is 0 Å². The van der Waals surface area contributed by atoms with E-state index in [1.54, 1.807) is 51.1 Å². The molecule has 138 valence electrons. The monoisotopic (exact) mass is 352 g/mol. The van der Waals surface area contributed by atoms with Gasteiger partial charge in [0.25, 0.3) is 0 Å². The van der Waals surface area contributed by atoms with E-state index in [9.17, 15) is 19.5 Å². The number of hydrogen-bond acceptors (Lipinski definition) is 6. The maximum absolute atomic E-state index is 12.4. The Labute approximate surface area is 146 Å². The highest BCUT2D eigenvalue weighted by atomic mass is 16.6. The smallest absolute Gasteiger partial charge is 0.408 e. The van der Waals surface area contributed by atoms with Crippen LogP contribution in [-0.4, -0.2) is 48.4 Å². The Bertz CT molecular complexity index is 597. The van der Waals surface area contributed by atoms with E-state index in [4.69, 9.17) is 4.74 Å². The lowest BCUT2D eigenvalue weighted by molar-refractivity contribution is -0.150. The quantitative estimate of drug-likeness (QED) is 0.656. The second kappa shape index (κ2) is 9.03. The summed E-state index contributed by atoms with van der Waals surface area (Å²) in [6, 6.07) is 7.50. The van der Waals surface area contributed by atoms with Gasteiger partial charge in [-0.1, -0.05) is 30.3 Å². The molecule has 3 N–H and O–H groups in total. The Morgan fingerprint density at radius 3 is 2.28 bits per heavy atom. The molecular formula is C17H24N2O6. The minimum atomic E-state index is -1.49.